The van der Waals surface area contributed by atoms with Gasteiger partial charge in [0, 0.05) is 18.0 Å². The normalized spacial score (nSPS) is 24.4. The number of fused-ring (bicyclic) bond motifs is 1. The first-order valence-electron chi connectivity index (χ1n) is 13.2. The third-order valence-electron chi connectivity index (χ3n) is 8.64. The lowest BCUT2D eigenvalue weighted by molar-refractivity contribution is -0.0137. The molecule has 1 saturated heterocycles. The highest BCUT2D eigenvalue weighted by atomic mass is 16.6. The van der Waals surface area contributed by atoms with Crippen molar-refractivity contribution in [1.82, 2.24) is 4.90 Å². The Morgan fingerprint density at radius 2 is 1.67 bits per heavy atom. The van der Waals surface area contributed by atoms with Crippen molar-refractivity contribution in [1.29, 1.82) is 0 Å². The zero-order valence-corrected chi connectivity index (χ0v) is 20.7. The van der Waals surface area contributed by atoms with Crippen molar-refractivity contribution in [2.24, 2.45) is 5.92 Å². The molecule has 0 radical (unpaired) electrons. The SMILES string of the molecule is Nc1cc2c(cc1OCc1ccccc1)[C@]13CCCCC1[C@H](C2)N(C(=O)OCc1ccccc1)CC3. The van der Waals surface area contributed by atoms with Gasteiger partial charge >= 0.3 is 6.09 Å². The number of ether oxygens (including phenoxy) is 2. The zero-order chi connectivity index (χ0) is 24.5. The molecule has 2 bridgehead atoms. The van der Waals surface area contributed by atoms with Crippen molar-refractivity contribution in [2.45, 2.75) is 63.2 Å². The summed E-state index contributed by atoms with van der Waals surface area (Å²) in [5, 5.41) is 0. The maximum atomic E-state index is 13.3. The number of anilines is 1. The van der Waals surface area contributed by atoms with Gasteiger partial charge in [-0.3, -0.25) is 0 Å². The molecule has 5 nitrogen and oxygen atoms in total. The third kappa shape index (κ3) is 4.11. The van der Waals surface area contributed by atoms with E-state index in [1.165, 1.54) is 24.0 Å². The molecule has 6 rings (SSSR count). The predicted octanol–water partition coefficient (Wildman–Crippen LogP) is 6.24. The van der Waals surface area contributed by atoms with Crippen LogP contribution in [-0.4, -0.2) is 23.6 Å². The number of nitrogens with two attached hydrogens (primary N) is 1. The molecule has 5 heteroatoms. The van der Waals surface area contributed by atoms with Crippen molar-refractivity contribution in [2.75, 3.05) is 12.3 Å². The van der Waals surface area contributed by atoms with E-state index in [4.69, 9.17) is 15.2 Å². The molecule has 1 saturated carbocycles. The van der Waals surface area contributed by atoms with Crippen LogP contribution in [-0.2, 0) is 29.8 Å². The quantitative estimate of drug-likeness (QED) is 0.437. The standard InChI is InChI=1S/C31H34N2O3/c32-27-17-24-18-28-25-13-7-8-14-31(25,26(24)19-29(27)35-20-22-9-3-1-4-10-22)15-16-33(28)30(34)36-21-23-11-5-2-6-12-23/h1-6,9-12,17,19,25,28H,7-8,13-16,18,20-21,32H2/t25?,28-,31-/m0/s1. The van der Waals surface area contributed by atoms with Gasteiger partial charge in [-0.1, -0.05) is 73.5 Å². The summed E-state index contributed by atoms with van der Waals surface area (Å²) < 4.78 is 12.0. The molecule has 3 aromatic rings. The Bertz CT molecular complexity index is 1230. The average molecular weight is 483 g/mol. The second-order valence-corrected chi connectivity index (χ2v) is 10.6. The molecule has 0 spiro atoms. The number of rotatable bonds is 5. The van der Waals surface area contributed by atoms with Crippen LogP contribution in [0.4, 0.5) is 10.5 Å². The molecule has 1 unspecified atom stereocenters. The van der Waals surface area contributed by atoms with Crippen LogP contribution in [0.2, 0.25) is 0 Å². The maximum Gasteiger partial charge on any atom is 0.410 e. The van der Waals surface area contributed by atoms with E-state index in [2.05, 4.69) is 24.3 Å². The second-order valence-electron chi connectivity index (χ2n) is 10.6. The first kappa shape index (κ1) is 23.0. The monoisotopic (exact) mass is 482 g/mol. The number of likely N-dealkylation sites (tertiary alicyclic amines) is 1. The number of carbonyl (C=O) groups excluding carboxylic acids is 1. The summed E-state index contributed by atoms with van der Waals surface area (Å²) in [7, 11) is 0. The fourth-order valence-corrected chi connectivity index (χ4v) is 6.95. The Labute approximate surface area is 213 Å². The van der Waals surface area contributed by atoms with Crippen LogP contribution in [0.25, 0.3) is 0 Å². The molecule has 3 aliphatic rings. The summed E-state index contributed by atoms with van der Waals surface area (Å²) >= 11 is 0. The molecular formula is C31H34N2O3. The first-order chi connectivity index (χ1) is 17.6. The highest BCUT2D eigenvalue weighted by Gasteiger charge is 2.55. The van der Waals surface area contributed by atoms with Crippen molar-refractivity contribution in [3.8, 4) is 5.75 Å². The lowest BCUT2D eigenvalue weighted by atomic mass is 9.52. The summed E-state index contributed by atoms with van der Waals surface area (Å²) in [5.74, 6) is 1.22. The van der Waals surface area contributed by atoms with Gasteiger partial charge in [0.05, 0.1) is 5.69 Å². The van der Waals surface area contributed by atoms with Crippen LogP contribution in [0, 0.1) is 5.92 Å². The number of nitrogen functional groups attached to an aromatic ring is 1. The number of hydrogen-bond donors (Lipinski definition) is 1. The average Bonchev–Trinajstić information content (AvgIpc) is 2.92. The number of carbonyl (C=O) groups is 1. The predicted molar refractivity (Wildman–Crippen MR) is 141 cm³/mol. The van der Waals surface area contributed by atoms with Crippen LogP contribution < -0.4 is 10.5 Å². The fraction of sp³-hybridized carbons (Fsp3) is 0.387. The Morgan fingerprint density at radius 3 is 2.42 bits per heavy atom. The minimum Gasteiger partial charge on any atom is -0.487 e. The van der Waals surface area contributed by atoms with Crippen LogP contribution in [0.3, 0.4) is 0 Å². The first-order valence-corrected chi connectivity index (χ1v) is 13.2. The minimum atomic E-state index is -0.192. The minimum absolute atomic E-state index is 0.0886. The van der Waals surface area contributed by atoms with E-state index in [9.17, 15) is 4.79 Å². The molecule has 3 atom stereocenters. The summed E-state index contributed by atoms with van der Waals surface area (Å²) in [4.78, 5) is 15.3. The molecule has 1 aliphatic heterocycles. The molecule has 2 aliphatic carbocycles. The van der Waals surface area contributed by atoms with Gasteiger partial charge in [-0.15, -0.1) is 0 Å². The lowest BCUT2D eigenvalue weighted by Crippen LogP contribution is -2.62. The Balaban J connectivity index is 1.26. The van der Waals surface area contributed by atoms with E-state index >= 15 is 0 Å². The van der Waals surface area contributed by atoms with Gasteiger partial charge in [0.25, 0.3) is 0 Å². The molecule has 36 heavy (non-hydrogen) atoms. The summed E-state index contributed by atoms with van der Waals surface area (Å²) in [6.45, 7) is 1.55. The third-order valence-corrected chi connectivity index (χ3v) is 8.64. The second kappa shape index (κ2) is 9.53. The van der Waals surface area contributed by atoms with Crippen molar-refractivity contribution >= 4 is 11.8 Å². The number of amides is 1. The van der Waals surface area contributed by atoms with E-state index in [0.29, 0.717) is 24.8 Å². The molecule has 3 aromatic carbocycles. The van der Waals surface area contributed by atoms with E-state index in [1.54, 1.807) is 0 Å². The smallest absolute Gasteiger partial charge is 0.410 e. The van der Waals surface area contributed by atoms with Crippen LogP contribution in [0.5, 0.6) is 5.75 Å². The summed E-state index contributed by atoms with van der Waals surface area (Å²) in [6.07, 6.45) is 6.35. The highest BCUT2D eigenvalue weighted by molar-refractivity contribution is 5.69. The topological polar surface area (TPSA) is 64.8 Å². The van der Waals surface area contributed by atoms with Gasteiger partial charge in [-0.25, -0.2) is 4.79 Å². The van der Waals surface area contributed by atoms with Gasteiger partial charge in [-0.05, 0) is 66.0 Å². The van der Waals surface area contributed by atoms with E-state index in [1.807, 2.05) is 53.4 Å². The summed E-state index contributed by atoms with van der Waals surface area (Å²) in [5.41, 5.74) is 12.1. The van der Waals surface area contributed by atoms with Gasteiger partial charge in [-0.2, -0.15) is 0 Å². The number of hydrogen-bond acceptors (Lipinski definition) is 4. The Hall–Kier alpha value is -3.47. The Morgan fingerprint density at radius 1 is 0.944 bits per heavy atom. The number of piperidine rings is 1. The van der Waals surface area contributed by atoms with E-state index in [0.717, 1.165) is 49.1 Å². The molecule has 2 fully saturated rings. The van der Waals surface area contributed by atoms with Crippen LogP contribution >= 0.6 is 0 Å². The lowest BCUT2D eigenvalue weighted by Gasteiger charge is -2.58. The van der Waals surface area contributed by atoms with Gasteiger partial charge in [0.1, 0.15) is 19.0 Å². The van der Waals surface area contributed by atoms with Crippen molar-refractivity contribution in [3.05, 3.63) is 95.1 Å². The van der Waals surface area contributed by atoms with Crippen molar-refractivity contribution < 1.29 is 14.3 Å². The summed E-state index contributed by atoms with van der Waals surface area (Å²) in [6, 6.07) is 24.6. The molecular weight excluding hydrogens is 448 g/mol. The largest absolute Gasteiger partial charge is 0.487 e. The van der Waals surface area contributed by atoms with Crippen LogP contribution in [0.1, 0.15) is 54.4 Å². The molecule has 1 amide bonds. The maximum absolute atomic E-state index is 13.3. The molecule has 1 heterocycles. The van der Waals surface area contributed by atoms with E-state index in [-0.39, 0.29) is 17.6 Å². The van der Waals surface area contributed by atoms with Gasteiger partial charge < -0.3 is 20.1 Å². The van der Waals surface area contributed by atoms with E-state index < -0.39 is 0 Å². The zero-order valence-electron chi connectivity index (χ0n) is 20.7. The Kier molecular flexibility index (Phi) is 6.08. The van der Waals surface area contributed by atoms with Crippen molar-refractivity contribution in [3.63, 3.8) is 0 Å². The number of benzene rings is 3. The van der Waals surface area contributed by atoms with Gasteiger partial charge in [0.2, 0.25) is 0 Å². The fourth-order valence-electron chi connectivity index (χ4n) is 6.95. The molecule has 186 valence electrons. The highest BCUT2D eigenvalue weighted by Crippen LogP contribution is 2.56. The van der Waals surface area contributed by atoms with Gasteiger partial charge in [0.15, 0.2) is 0 Å². The number of nitrogens with zero attached hydrogens (tertiary/aromatic N) is 1. The molecule has 0 aromatic heterocycles. The molecule has 2 N–H and O–H groups in total. The van der Waals surface area contributed by atoms with Crippen LogP contribution in [0.15, 0.2) is 72.8 Å².